The van der Waals surface area contributed by atoms with Crippen LogP contribution in [0.3, 0.4) is 0 Å². The van der Waals surface area contributed by atoms with Gasteiger partial charge in [0.2, 0.25) is 5.91 Å². The molecule has 0 aliphatic carbocycles. The molecule has 2 aliphatic heterocycles. The van der Waals surface area contributed by atoms with E-state index in [1.165, 1.54) is 0 Å². The summed E-state index contributed by atoms with van der Waals surface area (Å²) in [7, 11) is -3.66. The van der Waals surface area contributed by atoms with Gasteiger partial charge in [0, 0.05) is 35.7 Å². The summed E-state index contributed by atoms with van der Waals surface area (Å²) >= 11 is 6.12. The second-order valence-corrected chi connectivity index (χ2v) is 10.2. The first-order valence-electron chi connectivity index (χ1n) is 10.6. The van der Waals surface area contributed by atoms with Crippen molar-refractivity contribution >= 4 is 39.2 Å². The van der Waals surface area contributed by atoms with Crippen molar-refractivity contribution < 1.29 is 13.2 Å². The molecule has 2 aromatic carbocycles. The minimum Gasteiger partial charge on any atom is -0.355 e. The number of anilines is 1. The number of sulfonamides is 1. The predicted octanol–water partition coefficient (Wildman–Crippen LogP) is 3.63. The summed E-state index contributed by atoms with van der Waals surface area (Å²) in [4.78, 5) is 15.2. The fourth-order valence-electron chi connectivity index (χ4n) is 4.29. The van der Waals surface area contributed by atoms with Gasteiger partial charge in [0.1, 0.15) is 10.7 Å². The number of nitrogens with zero attached hydrogens (tertiary/aromatic N) is 4. The Morgan fingerprint density at radius 2 is 1.85 bits per heavy atom. The summed E-state index contributed by atoms with van der Waals surface area (Å²) < 4.78 is 30.4. The maximum atomic E-state index is 13.0. The summed E-state index contributed by atoms with van der Waals surface area (Å²) in [6.07, 6.45) is 1.19. The Labute approximate surface area is 196 Å². The number of likely N-dealkylation sites (tertiary alicyclic amines) is 1. The van der Waals surface area contributed by atoms with Gasteiger partial charge in [-0.2, -0.15) is 13.5 Å². The predicted molar refractivity (Wildman–Crippen MR) is 126 cm³/mol. The highest BCUT2D eigenvalue weighted by Gasteiger charge is 2.34. The number of carbonyl (C=O) groups is 1. The summed E-state index contributed by atoms with van der Waals surface area (Å²) in [6, 6.07) is 16.0. The molecule has 0 bridgehead atoms. The standard InChI is InChI=1S/C23H22ClN5O3S/c1-15-13-21(29(26-15)18-6-4-5-17(24)14-18)25-23(30)16-9-11-28(12-10-16)22-19-7-2-3-8-20(19)33(31,32)27-22/h2-8,13-14,16H,9-12H2,1H3,(H,25,30). The van der Waals surface area contributed by atoms with Crippen LogP contribution >= 0.6 is 11.6 Å². The van der Waals surface area contributed by atoms with E-state index < -0.39 is 10.0 Å². The average Bonchev–Trinajstić information content (AvgIpc) is 3.30. The molecule has 33 heavy (non-hydrogen) atoms. The topological polar surface area (TPSA) is 96.7 Å². The molecule has 0 spiro atoms. The molecule has 170 valence electrons. The van der Waals surface area contributed by atoms with Gasteiger partial charge in [0.25, 0.3) is 10.0 Å². The fraction of sp³-hybridized carbons (Fsp3) is 0.261. The van der Waals surface area contributed by atoms with Crippen molar-refractivity contribution in [2.45, 2.75) is 24.7 Å². The molecule has 0 radical (unpaired) electrons. The summed E-state index contributed by atoms with van der Waals surface area (Å²) in [5.74, 6) is 0.777. The lowest BCUT2D eigenvalue weighted by atomic mass is 9.95. The Bertz CT molecular complexity index is 1370. The van der Waals surface area contributed by atoms with Gasteiger partial charge in [-0.05, 0) is 50.1 Å². The highest BCUT2D eigenvalue weighted by molar-refractivity contribution is 7.90. The summed E-state index contributed by atoms with van der Waals surface area (Å²) in [5, 5.41) is 8.07. The highest BCUT2D eigenvalue weighted by Crippen LogP contribution is 2.30. The Kier molecular flexibility index (Phi) is 5.46. The minimum absolute atomic E-state index is 0.0841. The molecule has 2 aliphatic rings. The van der Waals surface area contributed by atoms with Crippen LogP contribution in [-0.4, -0.2) is 47.9 Å². The van der Waals surface area contributed by atoms with E-state index in [4.69, 9.17) is 11.6 Å². The van der Waals surface area contributed by atoms with E-state index in [1.807, 2.05) is 30.0 Å². The number of aryl methyl sites for hydroxylation is 1. The molecule has 3 heterocycles. The van der Waals surface area contributed by atoms with Crippen LogP contribution in [0.25, 0.3) is 5.69 Å². The Morgan fingerprint density at radius 1 is 1.09 bits per heavy atom. The Hall–Kier alpha value is -3.17. The first-order chi connectivity index (χ1) is 15.8. The second kappa shape index (κ2) is 8.31. The number of benzene rings is 2. The van der Waals surface area contributed by atoms with Crippen molar-refractivity contribution in [1.82, 2.24) is 14.7 Å². The van der Waals surface area contributed by atoms with Crippen LogP contribution in [0, 0.1) is 12.8 Å². The maximum Gasteiger partial charge on any atom is 0.285 e. The largest absolute Gasteiger partial charge is 0.355 e. The third kappa shape index (κ3) is 4.14. The van der Waals surface area contributed by atoms with Gasteiger partial charge in [-0.3, -0.25) is 4.79 Å². The van der Waals surface area contributed by atoms with E-state index in [9.17, 15) is 13.2 Å². The molecule has 0 atom stereocenters. The maximum absolute atomic E-state index is 13.0. The zero-order chi connectivity index (χ0) is 23.2. The van der Waals surface area contributed by atoms with Crippen LogP contribution in [0.2, 0.25) is 5.02 Å². The van der Waals surface area contributed by atoms with E-state index in [1.54, 1.807) is 41.1 Å². The number of nitrogens with one attached hydrogen (secondary N) is 1. The third-order valence-electron chi connectivity index (χ3n) is 5.91. The minimum atomic E-state index is -3.66. The number of aromatic nitrogens is 2. The third-order valence-corrected chi connectivity index (χ3v) is 7.47. The fourth-order valence-corrected chi connectivity index (χ4v) is 5.70. The molecule has 8 nitrogen and oxygen atoms in total. The van der Waals surface area contributed by atoms with Crippen LogP contribution in [-0.2, 0) is 14.8 Å². The molecule has 1 amide bonds. The number of halogens is 1. The monoisotopic (exact) mass is 483 g/mol. The highest BCUT2D eigenvalue weighted by atomic mass is 35.5. The molecule has 1 saturated heterocycles. The average molecular weight is 484 g/mol. The quantitative estimate of drug-likeness (QED) is 0.613. The summed E-state index contributed by atoms with van der Waals surface area (Å²) in [6.45, 7) is 2.96. The Balaban J connectivity index is 1.28. The van der Waals surface area contributed by atoms with Crippen LogP contribution < -0.4 is 5.32 Å². The second-order valence-electron chi connectivity index (χ2n) is 8.20. The lowest BCUT2D eigenvalue weighted by Crippen LogP contribution is -2.41. The molecule has 1 fully saturated rings. The van der Waals surface area contributed by atoms with Crippen LogP contribution in [0.4, 0.5) is 5.82 Å². The van der Waals surface area contributed by atoms with E-state index in [2.05, 4.69) is 14.8 Å². The van der Waals surface area contributed by atoms with Crippen molar-refractivity contribution in [1.29, 1.82) is 0 Å². The molecular formula is C23H22ClN5O3S. The number of fused-ring (bicyclic) bond motifs is 1. The number of carbonyl (C=O) groups excluding carboxylic acids is 1. The van der Waals surface area contributed by atoms with E-state index in [0.29, 0.717) is 48.2 Å². The molecule has 3 aromatic rings. The molecule has 10 heteroatoms. The smallest absolute Gasteiger partial charge is 0.285 e. The molecule has 0 unspecified atom stereocenters. The van der Waals surface area contributed by atoms with Crippen LogP contribution in [0.1, 0.15) is 24.1 Å². The number of rotatable bonds is 3. The number of amidine groups is 1. The number of hydrogen-bond donors (Lipinski definition) is 1. The number of amides is 1. The lowest BCUT2D eigenvalue weighted by Gasteiger charge is -2.32. The lowest BCUT2D eigenvalue weighted by molar-refractivity contribution is -0.121. The van der Waals surface area contributed by atoms with Gasteiger partial charge in [-0.15, -0.1) is 4.40 Å². The first kappa shape index (κ1) is 21.7. The van der Waals surface area contributed by atoms with Gasteiger partial charge in [0.15, 0.2) is 5.84 Å². The normalized spacial score (nSPS) is 17.5. The first-order valence-corrected chi connectivity index (χ1v) is 12.5. The Morgan fingerprint density at radius 3 is 2.61 bits per heavy atom. The van der Waals surface area contributed by atoms with E-state index >= 15 is 0 Å². The molecule has 5 rings (SSSR count). The molecule has 0 saturated carbocycles. The van der Waals surface area contributed by atoms with Crippen molar-refractivity contribution in [3.05, 3.63) is 70.9 Å². The van der Waals surface area contributed by atoms with Crippen molar-refractivity contribution in [3.63, 3.8) is 0 Å². The number of hydrogen-bond acceptors (Lipinski definition) is 5. The van der Waals surface area contributed by atoms with Crippen molar-refractivity contribution in [2.75, 3.05) is 18.4 Å². The van der Waals surface area contributed by atoms with Crippen molar-refractivity contribution in [2.24, 2.45) is 10.3 Å². The van der Waals surface area contributed by atoms with Gasteiger partial charge in [-0.25, -0.2) is 4.68 Å². The van der Waals surface area contributed by atoms with Gasteiger partial charge in [0.05, 0.1) is 11.4 Å². The van der Waals surface area contributed by atoms with Gasteiger partial charge >= 0.3 is 0 Å². The van der Waals surface area contributed by atoms with Crippen molar-refractivity contribution in [3.8, 4) is 5.69 Å². The molecule has 1 N–H and O–H groups in total. The zero-order valence-corrected chi connectivity index (χ0v) is 19.5. The SMILES string of the molecule is Cc1cc(NC(=O)C2CCN(C3=NS(=O)(=O)c4ccccc43)CC2)n(-c2cccc(Cl)c2)n1. The van der Waals surface area contributed by atoms with Crippen LogP contribution in [0.15, 0.2) is 63.9 Å². The molecular weight excluding hydrogens is 462 g/mol. The molecule has 1 aromatic heterocycles. The van der Waals surface area contributed by atoms with E-state index in [0.717, 1.165) is 11.4 Å². The van der Waals surface area contributed by atoms with Gasteiger partial charge in [-0.1, -0.05) is 29.8 Å². The zero-order valence-electron chi connectivity index (χ0n) is 17.9. The number of piperidine rings is 1. The van der Waals surface area contributed by atoms with Crippen LogP contribution in [0.5, 0.6) is 0 Å². The van der Waals surface area contributed by atoms with Gasteiger partial charge < -0.3 is 10.2 Å². The van der Waals surface area contributed by atoms with E-state index in [-0.39, 0.29) is 16.7 Å². The summed E-state index contributed by atoms with van der Waals surface area (Å²) in [5.41, 5.74) is 2.17.